The summed E-state index contributed by atoms with van der Waals surface area (Å²) in [6.07, 6.45) is 2.11. The standard InChI is InChI=1S/C15H20N4O2/c1-4-5-9-21-12-8-6-7-11(10-12)13-16-14(18-17-13)15(20)19(2)3/h6-8,10H,4-5,9H2,1-3H3,(H,16,17,18). The summed E-state index contributed by atoms with van der Waals surface area (Å²) in [5.41, 5.74) is 0.818. The molecule has 21 heavy (non-hydrogen) atoms. The SMILES string of the molecule is CCCCOc1cccc(-c2n[nH]c(C(=O)N(C)C)n2)c1. The lowest BCUT2D eigenvalue weighted by molar-refractivity contribution is 0.0816. The van der Waals surface area contributed by atoms with Crippen LogP contribution < -0.4 is 4.74 Å². The molecule has 112 valence electrons. The number of nitrogens with zero attached hydrogens (tertiary/aromatic N) is 3. The van der Waals surface area contributed by atoms with Crippen molar-refractivity contribution in [1.82, 2.24) is 20.1 Å². The maximum absolute atomic E-state index is 11.8. The van der Waals surface area contributed by atoms with Crippen molar-refractivity contribution in [2.45, 2.75) is 19.8 Å². The van der Waals surface area contributed by atoms with Gasteiger partial charge in [0, 0.05) is 19.7 Å². The summed E-state index contributed by atoms with van der Waals surface area (Å²) in [6.45, 7) is 2.81. The molecular formula is C15H20N4O2. The largest absolute Gasteiger partial charge is 0.494 e. The highest BCUT2D eigenvalue weighted by molar-refractivity contribution is 5.90. The van der Waals surface area contributed by atoms with Gasteiger partial charge in [-0.1, -0.05) is 25.5 Å². The molecule has 0 radical (unpaired) electrons. The molecule has 1 N–H and O–H groups in total. The average molecular weight is 288 g/mol. The molecule has 0 unspecified atom stereocenters. The van der Waals surface area contributed by atoms with Crippen LogP contribution in [0.5, 0.6) is 5.75 Å². The molecular weight excluding hydrogens is 268 g/mol. The van der Waals surface area contributed by atoms with Gasteiger partial charge in [0.15, 0.2) is 5.82 Å². The van der Waals surface area contributed by atoms with Crippen molar-refractivity contribution < 1.29 is 9.53 Å². The summed E-state index contributed by atoms with van der Waals surface area (Å²) in [7, 11) is 3.35. The molecule has 0 bridgehead atoms. The van der Waals surface area contributed by atoms with Crippen LogP contribution in [0.2, 0.25) is 0 Å². The van der Waals surface area contributed by atoms with Gasteiger partial charge in [-0.3, -0.25) is 9.89 Å². The second-order valence-corrected chi connectivity index (χ2v) is 4.94. The molecule has 2 rings (SSSR count). The summed E-state index contributed by atoms with van der Waals surface area (Å²) in [6, 6.07) is 7.56. The lowest BCUT2D eigenvalue weighted by Crippen LogP contribution is -2.22. The van der Waals surface area contributed by atoms with Crippen molar-refractivity contribution in [3.05, 3.63) is 30.1 Å². The fourth-order valence-corrected chi connectivity index (χ4v) is 1.76. The van der Waals surface area contributed by atoms with E-state index in [0.29, 0.717) is 12.4 Å². The van der Waals surface area contributed by atoms with Crippen molar-refractivity contribution in [3.8, 4) is 17.1 Å². The number of ether oxygens (including phenoxy) is 1. The Kier molecular flexibility index (Phi) is 4.92. The third-order valence-corrected chi connectivity index (χ3v) is 2.95. The molecule has 0 spiro atoms. The number of hydrogen-bond acceptors (Lipinski definition) is 4. The highest BCUT2D eigenvalue weighted by Gasteiger charge is 2.14. The molecule has 6 nitrogen and oxygen atoms in total. The minimum absolute atomic E-state index is 0.205. The van der Waals surface area contributed by atoms with Gasteiger partial charge in [-0.2, -0.15) is 5.10 Å². The van der Waals surface area contributed by atoms with Crippen LogP contribution in [-0.4, -0.2) is 46.7 Å². The second kappa shape index (κ2) is 6.88. The summed E-state index contributed by atoms with van der Waals surface area (Å²) < 4.78 is 5.66. The molecule has 0 aliphatic carbocycles. The lowest BCUT2D eigenvalue weighted by Gasteiger charge is -2.06. The molecule has 2 aromatic rings. The molecule has 0 atom stereocenters. The Balaban J connectivity index is 2.15. The van der Waals surface area contributed by atoms with Gasteiger partial charge in [0.2, 0.25) is 5.82 Å². The first-order valence-electron chi connectivity index (χ1n) is 6.99. The number of unbranched alkanes of at least 4 members (excludes halogenated alkanes) is 1. The molecule has 0 fully saturated rings. The maximum Gasteiger partial charge on any atom is 0.290 e. The van der Waals surface area contributed by atoms with Crippen LogP contribution in [0.1, 0.15) is 30.4 Å². The van der Waals surface area contributed by atoms with Crippen molar-refractivity contribution in [3.63, 3.8) is 0 Å². The van der Waals surface area contributed by atoms with E-state index in [1.807, 2.05) is 24.3 Å². The van der Waals surface area contributed by atoms with Gasteiger partial charge < -0.3 is 9.64 Å². The highest BCUT2D eigenvalue weighted by Crippen LogP contribution is 2.21. The molecule has 0 saturated heterocycles. The number of aromatic amines is 1. The minimum atomic E-state index is -0.205. The van der Waals surface area contributed by atoms with Crippen LogP contribution in [0.4, 0.5) is 0 Å². The summed E-state index contributed by atoms with van der Waals surface area (Å²) in [5.74, 6) is 1.30. The zero-order chi connectivity index (χ0) is 15.2. The Morgan fingerprint density at radius 2 is 2.19 bits per heavy atom. The number of amides is 1. The molecule has 1 aromatic heterocycles. The first-order valence-corrected chi connectivity index (χ1v) is 6.99. The van der Waals surface area contributed by atoms with Gasteiger partial charge in [-0.15, -0.1) is 0 Å². The molecule has 6 heteroatoms. The van der Waals surface area contributed by atoms with E-state index in [0.717, 1.165) is 24.2 Å². The number of benzene rings is 1. The summed E-state index contributed by atoms with van der Waals surface area (Å²) >= 11 is 0. The summed E-state index contributed by atoms with van der Waals surface area (Å²) in [4.78, 5) is 17.5. The van der Waals surface area contributed by atoms with Gasteiger partial charge in [0.05, 0.1) is 6.61 Å². The molecule has 1 aromatic carbocycles. The van der Waals surface area contributed by atoms with Crippen LogP contribution in [0.15, 0.2) is 24.3 Å². The Labute approximate surface area is 124 Å². The monoisotopic (exact) mass is 288 g/mol. The molecule has 0 saturated carbocycles. The maximum atomic E-state index is 11.8. The average Bonchev–Trinajstić information content (AvgIpc) is 2.97. The van der Waals surface area contributed by atoms with Crippen molar-refractivity contribution >= 4 is 5.91 Å². The van der Waals surface area contributed by atoms with E-state index in [9.17, 15) is 4.79 Å². The van der Waals surface area contributed by atoms with E-state index in [4.69, 9.17) is 4.74 Å². The Hall–Kier alpha value is -2.37. The quantitative estimate of drug-likeness (QED) is 0.828. The molecule has 0 aliphatic rings. The van der Waals surface area contributed by atoms with Gasteiger partial charge in [0.25, 0.3) is 5.91 Å². The van der Waals surface area contributed by atoms with Crippen LogP contribution in [0.25, 0.3) is 11.4 Å². The number of hydrogen-bond donors (Lipinski definition) is 1. The molecule has 0 aliphatic heterocycles. The van der Waals surface area contributed by atoms with E-state index in [2.05, 4.69) is 22.1 Å². The third-order valence-electron chi connectivity index (χ3n) is 2.95. The highest BCUT2D eigenvalue weighted by atomic mass is 16.5. The smallest absolute Gasteiger partial charge is 0.290 e. The van der Waals surface area contributed by atoms with Crippen LogP contribution in [0.3, 0.4) is 0 Å². The van der Waals surface area contributed by atoms with E-state index >= 15 is 0 Å². The van der Waals surface area contributed by atoms with Crippen molar-refractivity contribution in [2.24, 2.45) is 0 Å². The van der Waals surface area contributed by atoms with Crippen molar-refractivity contribution in [1.29, 1.82) is 0 Å². The second-order valence-electron chi connectivity index (χ2n) is 4.94. The predicted octanol–water partition coefficient (Wildman–Crippen LogP) is 2.35. The molecule has 1 heterocycles. The van der Waals surface area contributed by atoms with Gasteiger partial charge >= 0.3 is 0 Å². The van der Waals surface area contributed by atoms with Gasteiger partial charge in [0.1, 0.15) is 5.75 Å². The van der Waals surface area contributed by atoms with Gasteiger partial charge in [-0.05, 0) is 18.6 Å². The van der Waals surface area contributed by atoms with Crippen LogP contribution in [-0.2, 0) is 0 Å². The Morgan fingerprint density at radius 3 is 2.90 bits per heavy atom. The van der Waals surface area contributed by atoms with E-state index in [1.54, 1.807) is 14.1 Å². The van der Waals surface area contributed by atoms with E-state index in [-0.39, 0.29) is 11.7 Å². The summed E-state index contributed by atoms with van der Waals surface area (Å²) in [5, 5.41) is 6.75. The normalized spacial score (nSPS) is 10.4. The lowest BCUT2D eigenvalue weighted by atomic mass is 10.2. The fourth-order valence-electron chi connectivity index (χ4n) is 1.76. The topological polar surface area (TPSA) is 71.1 Å². The number of H-pyrrole nitrogens is 1. The first-order chi connectivity index (χ1) is 10.1. The Bertz CT molecular complexity index is 607. The van der Waals surface area contributed by atoms with Gasteiger partial charge in [-0.25, -0.2) is 4.98 Å². The van der Waals surface area contributed by atoms with E-state index < -0.39 is 0 Å². The minimum Gasteiger partial charge on any atom is -0.494 e. The number of nitrogens with one attached hydrogen (secondary N) is 1. The predicted molar refractivity (Wildman–Crippen MR) is 80.2 cm³/mol. The zero-order valence-corrected chi connectivity index (χ0v) is 12.6. The molecule has 1 amide bonds. The van der Waals surface area contributed by atoms with E-state index in [1.165, 1.54) is 4.90 Å². The first kappa shape index (κ1) is 15.0. The zero-order valence-electron chi connectivity index (χ0n) is 12.6. The number of aromatic nitrogens is 3. The fraction of sp³-hybridized carbons (Fsp3) is 0.400. The van der Waals surface area contributed by atoms with Crippen molar-refractivity contribution in [2.75, 3.05) is 20.7 Å². The van der Waals surface area contributed by atoms with Crippen LogP contribution >= 0.6 is 0 Å². The number of carbonyl (C=O) groups excluding carboxylic acids is 1. The number of rotatable bonds is 6. The number of carbonyl (C=O) groups is 1. The third kappa shape index (κ3) is 3.81. The Morgan fingerprint density at radius 1 is 1.38 bits per heavy atom. The van der Waals surface area contributed by atoms with Crippen LogP contribution in [0, 0.1) is 0 Å².